The van der Waals surface area contributed by atoms with E-state index in [4.69, 9.17) is 10.7 Å². The van der Waals surface area contributed by atoms with Crippen LogP contribution in [0.2, 0.25) is 0 Å². The molecule has 2 heterocycles. The van der Waals surface area contributed by atoms with E-state index in [1.807, 2.05) is 12.3 Å². The van der Waals surface area contributed by atoms with Crippen molar-refractivity contribution in [1.29, 1.82) is 0 Å². The number of pyridine rings is 1. The largest absolute Gasteiger partial charge is 0.325 e. The van der Waals surface area contributed by atoms with E-state index >= 15 is 0 Å². The van der Waals surface area contributed by atoms with Gasteiger partial charge in [0.25, 0.3) is 0 Å². The van der Waals surface area contributed by atoms with Crippen molar-refractivity contribution in [2.45, 2.75) is 39.7 Å². The molecule has 0 atom stereocenters. The van der Waals surface area contributed by atoms with Gasteiger partial charge in [0.05, 0.1) is 11.4 Å². The molecule has 0 bridgehead atoms. The Balaban J connectivity index is 2.81. The molecule has 2 N–H and O–H groups in total. The molecular formula is C13H19N3. The minimum absolute atomic E-state index is 0.0349. The van der Waals surface area contributed by atoms with Crippen molar-refractivity contribution in [3.8, 4) is 0 Å². The lowest BCUT2D eigenvalue weighted by Gasteiger charge is -2.17. The molecule has 3 nitrogen and oxygen atoms in total. The Morgan fingerprint density at radius 1 is 1.38 bits per heavy atom. The van der Waals surface area contributed by atoms with E-state index in [1.54, 1.807) is 0 Å². The average molecular weight is 217 g/mol. The van der Waals surface area contributed by atoms with Crippen molar-refractivity contribution in [1.82, 2.24) is 9.38 Å². The summed E-state index contributed by atoms with van der Waals surface area (Å²) in [7, 11) is 0. The first-order valence-corrected chi connectivity index (χ1v) is 5.62. The van der Waals surface area contributed by atoms with Crippen molar-refractivity contribution in [2.24, 2.45) is 5.73 Å². The third-order valence-corrected chi connectivity index (χ3v) is 2.85. The molecule has 16 heavy (non-hydrogen) atoms. The highest BCUT2D eigenvalue weighted by Crippen LogP contribution is 2.26. The van der Waals surface area contributed by atoms with Crippen molar-refractivity contribution in [3.05, 3.63) is 35.3 Å². The molecule has 3 heteroatoms. The number of hydrogen-bond donors (Lipinski definition) is 1. The fourth-order valence-electron chi connectivity index (χ4n) is 2.05. The molecule has 2 aromatic rings. The van der Waals surface area contributed by atoms with Gasteiger partial charge >= 0.3 is 0 Å². The molecule has 86 valence electrons. The number of rotatable bonds is 1. The molecule has 0 aromatic carbocycles. The zero-order valence-electron chi connectivity index (χ0n) is 10.4. The van der Waals surface area contributed by atoms with Crippen molar-refractivity contribution >= 4 is 5.65 Å². The normalized spacial score (nSPS) is 12.3. The fraction of sp³-hybridized carbons (Fsp3) is 0.462. The number of imidazole rings is 1. The predicted octanol–water partition coefficient (Wildman–Crippen LogP) is 2.40. The topological polar surface area (TPSA) is 43.3 Å². The Bertz CT molecular complexity index is 518. The summed E-state index contributed by atoms with van der Waals surface area (Å²) in [6.45, 7) is 9.11. The van der Waals surface area contributed by atoms with Crippen LogP contribution < -0.4 is 5.73 Å². The van der Waals surface area contributed by atoms with Gasteiger partial charge < -0.3 is 10.1 Å². The second-order valence-corrected chi connectivity index (χ2v) is 5.25. The summed E-state index contributed by atoms with van der Waals surface area (Å²) in [6.07, 6.45) is 2.03. The highest BCUT2D eigenvalue weighted by Gasteiger charge is 2.23. The van der Waals surface area contributed by atoms with E-state index in [0.29, 0.717) is 6.54 Å². The van der Waals surface area contributed by atoms with Gasteiger partial charge in [-0.05, 0) is 18.6 Å². The van der Waals surface area contributed by atoms with Gasteiger partial charge in [-0.1, -0.05) is 26.8 Å². The minimum atomic E-state index is 0.0349. The third-order valence-electron chi connectivity index (χ3n) is 2.85. The second kappa shape index (κ2) is 3.59. The highest BCUT2D eigenvalue weighted by atomic mass is 15.0. The molecule has 0 aliphatic rings. The van der Waals surface area contributed by atoms with Crippen LogP contribution in [0.15, 0.2) is 18.3 Å². The van der Waals surface area contributed by atoms with Gasteiger partial charge in [-0.25, -0.2) is 4.98 Å². The maximum atomic E-state index is 5.85. The number of fused-ring (bicyclic) bond motifs is 1. The first-order chi connectivity index (χ1) is 7.45. The van der Waals surface area contributed by atoms with Gasteiger partial charge in [-0.15, -0.1) is 0 Å². The molecule has 0 aliphatic heterocycles. The van der Waals surface area contributed by atoms with Crippen molar-refractivity contribution in [3.63, 3.8) is 0 Å². The van der Waals surface area contributed by atoms with Crippen LogP contribution in [0, 0.1) is 6.92 Å². The van der Waals surface area contributed by atoms with Crippen molar-refractivity contribution < 1.29 is 0 Å². The molecule has 2 aromatic heterocycles. The maximum Gasteiger partial charge on any atom is 0.140 e. The average Bonchev–Trinajstić information content (AvgIpc) is 2.57. The van der Waals surface area contributed by atoms with E-state index in [1.165, 1.54) is 5.56 Å². The molecule has 0 aliphatic carbocycles. The first-order valence-electron chi connectivity index (χ1n) is 5.62. The van der Waals surface area contributed by atoms with E-state index in [9.17, 15) is 0 Å². The Hall–Kier alpha value is -1.35. The van der Waals surface area contributed by atoms with Crippen LogP contribution in [0.25, 0.3) is 5.65 Å². The van der Waals surface area contributed by atoms with Crippen LogP contribution in [-0.2, 0) is 12.0 Å². The monoisotopic (exact) mass is 217 g/mol. The fourth-order valence-corrected chi connectivity index (χ4v) is 2.05. The predicted molar refractivity (Wildman–Crippen MR) is 66.5 cm³/mol. The SMILES string of the molecule is Cc1cccn2c(CN)c(C(C)(C)C)nc12. The van der Waals surface area contributed by atoms with E-state index in [0.717, 1.165) is 17.0 Å². The third kappa shape index (κ3) is 1.61. The zero-order chi connectivity index (χ0) is 11.9. The summed E-state index contributed by atoms with van der Waals surface area (Å²) >= 11 is 0. The van der Waals surface area contributed by atoms with Gasteiger partial charge in [-0.3, -0.25) is 0 Å². The van der Waals surface area contributed by atoms with Crippen LogP contribution >= 0.6 is 0 Å². The zero-order valence-corrected chi connectivity index (χ0v) is 10.4. The number of nitrogens with two attached hydrogens (primary N) is 1. The molecular weight excluding hydrogens is 198 g/mol. The smallest absolute Gasteiger partial charge is 0.140 e. The number of nitrogens with zero attached hydrogens (tertiary/aromatic N) is 2. The molecule has 0 amide bonds. The van der Waals surface area contributed by atoms with Gasteiger partial charge in [0.1, 0.15) is 5.65 Å². The Labute approximate surface area is 96.3 Å². The number of hydrogen-bond acceptors (Lipinski definition) is 2. The molecule has 2 rings (SSSR count). The van der Waals surface area contributed by atoms with Gasteiger partial charge in [-0.2, -0.15) is 0 Å². The summed E-state index contributed by atoms with van der Waals surface area (Å²) in [4.78, 5) is 4.74. The standard InChI is InChI=1S/C13H19N3/c1-9-6-5-7-16-10(8-14)11(13(2,3)4)15-12(9)16/h5-7H,8,14H2,1-4H3. The lowest BCUT2D eigenvalue weighted by molar-refractivity contribution is 0.564. The molecule has 0 saturated heterocycles. The van der Waals surface area contributed by atoms with Crippen LogP contribution in [0.3, 0.4) is 0 Å². The summed E-state index contributed by atoms with van der Waals surface area (Å²) in [5.74, 6) is 0. The minimum Gasteiger partial charge on any atom is -0.325 e. The van der Waals surface area contributed by atoms with Crippen molar-refractivity contribution in [2.75, 3.05) is 0 Å². The molecule has 0 fully saturated rings. The van der Waals surface area contributed by atoms with Gasteiger partial charge in [0, 0.05) is 18.2 Å². The Kier molecular flexibility index (Phi) is 2.50. The van der Waals surface area contributed by atoms with E-state index < -0.39 is 0 Å². The van der Waals surface area contributed by atoms with Gasteiger partial charge in [0.2, 0.25) is 0 Å². The maximum absolute atomic E-state index is 5.85. The van der Waals surface area contributed by atoms with Crippen LogP contribution in [0.4, 0.5) is 0 Å². The Morgan fingerprint density at radius 2 is 2.06 bits per heavy atom. The summed E-state index contributed by atoms with van der Waals surface area (Å²) < 4.78 is 2.11. The van der Waals surface area contributed by atoms with E-state index in [2.05, 4.69) is 38.2 Å². The molecule has 0 unspecified atom stereocenters. The summed E-state index contributed by atoms with van der Waals surface area (Å²) in [6, 6.07) is 4.12. The summed E-state index contributed by atoms with van der Waals surface area (Å²) in [5, 5.41) is 0. The molecule has 0 saturated carbocycles. The lowest BCUT2D eigenvalue weighted by Crippen LogP contribution is -2.16. The number of aromatic nitrogens is 2. The quantitative estimate of drug-likeness (QED) is 0.797. The second-order valence-electron chi connectivity index (χ2n) is 5.25. The summed E-state index contributed by atoms with van der Waals surface area (Å²) in [5.41, 5.74) is 10.3. The first kappa shape index (κ1) is 11.1. The Morgan fingerprint density at radius 3 is 2.62 bits per heavy atom. The van der Waals surface area contributed by atoms with E-state index in [-0.39, 0.29) is 5.41 Å². The highest BCUT2D eigenvalue weighted by molar-refractivity contribution is 5.51. The van der Waals surface area contributed by atoms with Crippen LogP contribution in [0.1, 0.15) is 37.7 Å². The number of aryl methyl sites for hydroxylation is 1. The van der Waals surface area contributed by atoms with Crippen LogP contribution in [-0.4, -0.2) is 9.38 Å². The van der Waals surface area contributed by atoms with Gasteiger partial charge in [0.15, 0.2) is 0 Å². The molecule has 0 radical (unpaired) electrons. The lowest BCUT2D eigenvalue weighted by atomic mass is 9.91. The molecule has 0 spiro atoms. The van der Waals surface area contributed by atoms with Crippen LogP contribution in [0.5, 0.6) is 0 Å².